The third-order valence-corrected chi connectivity index (χ3v) is 4.11. The van der Waals surface area contributed by atoms with Crippen LogP contribution in [0.1, 0.15) is 13.8 Å². The van der Waals surface area contributed by atoms with Crippen molar-refractivity contribution in [3.8, 4) is 0 Å². The lowest BCUT2D eigenvalue weighted by molar-refractivity contribution is -0.138. The molecule has 0 aliphatic carbocycles. The summed E-state index contributed by atoms with van der Waals surface area (Å²) in [6, 6.07) is 5.04. The number of rotatable bonds is 3. The lowest BCUT2D eigenvalue weighted by atomic mass is 10.2. The molecular formula is C16H19ClN4O2. The van der Waals surface area contributed by atoms with E-state index in [9.17, 15) is 4.79 Å². The second kappa shape index (κ2) is 6.68. The highest BCUT2D eigenvalue weighted by atomic mass is 35.5. The normalized spacial score (nSPS) is 19.6. The van der Waals surface area contributed by atoms with E-state index in [1.165, 1.54) is 6.33 Å². The molecule has 2 heterocycles. The molecule has 1 saturated heterocycles. The second-order valence-electron chi connectivity index (χ2n) is 5.72. The zero-order valence-electron chi connectivity index (χ0n) is 13.1. The SMILES string of the molecule is C[C@@H]1CN(C(=O)[C@@H](C)Nc2ncnc3cc(Cl)ccc23)CCO1. The van der Waals surface area contributed by atoms with Crippen LogP contribution in [0.2, 0.25) is 5.02 Å². The molecule has 1 aliphatic rings. The summed E-state index contributed by atoms with van der Waals surface area (Å²) in [5.41, 5.74) is 0.745. The Bertz CT molecular complexity index is 724. The Labute approximate surface area is 139 Å². The molecule has 1 fully saturated rings. The Morgan fingerprint density at radius 3 is 3.09 bits per heavy atom. The van der Waals surface area contributed by atoms with Gasteiger partial charge in [0.05, 0.1) is 18.2 Å². The number of amides is 1. The quantitative estimate of drug-likeness (QED) is 0.933. The highest BCUT2D eigenvalue weighted by molar-refractivity contribution is 6.31. The van der Waals surface area contributed by atoms with Gasteiger partial charge in [-0.3, -0.25) is 4.79 Å². The van der Waals surface area contributed by atoms with Crippen molar-refractivity contribution in [3.05, 3.63) is 29.5 Å². The Balaban J connectivity index is 1.77. The van der Waals surface area contributed by atoms with Crippen molar-refractivity contribution in [2.45, 2.75) is 26.0 Å². The second-order valence-corrected chi connectivity index (χ2v) is 6.15. The number of hydrogen-bond acceptors (Lipinski definition) is 5. The van der Waals surface area contributed by atoms with Gasteiger partial charge >= 0.3 is 0 Å². The summed E-state index contributed by atoms with van der Waals surface area (Å²) in [4.78, 5) is 22.9. The van der Waals surface area contributed by atoms with Crippen molar-refractivity contribution < 1.29 is 9.53 Å². The Morgan fingerprint density at radius 1 is 1.48 bits per heavy atom. The molecule has 23 heavy (non-hydrogen) atoms. The van der Waals surface area contributed by atoms with E-state index in [1.54, 1.807) is 12.1 Å². The maximum Gasteiger partial charge on any atom is 0.244 e. The van der Waals surface area contributed by atoms with Crippen LogP contribution < -0.4 is 5.32 Å². The molecule has 0 bridgehead atoms. The first-order valence-corrected chi connectivity index (χ1v) is 7.99. The van der Waals surface area contributed by atoms with E-state index < -0.39 is 0 Å². The zero-order valence-corrected chi connectivity index (χ0v) is 13.9. The van der Waals surface area contributed by atoms with Crippen LogP contribution in [0.5, 0.6) is 0 Å². The molecule has 1 aromatic heterocycles. The van der Waals surface area contributed by atoms with Crippen molar-refractivity contribution in [2.75, 3.05) is 25.0 Å². The van der Waals surface area contributed by atoms with Gasteiger partial charge in [0.2, 0.25) is 5.91 Å². The summed E-state index contributed by atoms with van der Waals surface area (Å²) in [5.74, 6) is 0.676. The molecule has 2 atom stereocenters. The van der Waals surface area contributed by atoms with Gasteiger partial charge in [0.1, 0.15) is 18.2 Å². The van der Waals surface area contributed by atoms with Crippen molar-refractivity contribution >= 4 is 34.2 Å². The van der Waals surface area contributed by atoms with E-state index in [-0.39, 0.29) is 18.1 Å². The van der Waals surface area contributed by atoms with Gasteiger partial charge in [0.25, 0.3) is 0 Å². The monoisotopic (exact) mass is 334 g/mol. The number of morpholine rings is 1. The molecule has 0 radical (unpaired) electrons. The molecule has 0 unspecified atom stereocenters. The molecule has 1 N–H and O–H groups in total. The van der Waals surface area contributed by atoms with Gasteiger partial charge < -0.3 is 15.0 Å². The molecule has 7 heteroatoms. The fourth-order valence-corrected chi connectivity index (χ4v) is 2.87. The number of fused-ring (bicyclic) bond motifs is 1. The first-order valence-electron chi connectivity index (χ1n) is 7.62. The highest BCUT2D eigenvalue weighted by Gasteiger charge is 2.25. The van der Waals surface area contributed by atoms with Gasteiger partial charge in [0, 0.05) is 23.5 Å². The van der Waals surface area contributed by atoms with Gasteiger partial charge in [-0.05, 0) is 32.0 Å². The highest BCUT2D eigenvalue weighted by Crippen LogP contribution is 2.23. The average molecular weight is 335 g/mol. The summed E-state index contributed by atoms with van der Waals surface area (Å²) in [7, 11) is 0. The number of anilines is 1. The number of nitrogens with one attached hydrogen (secondary N) is 1. The molecule has 0 saturated carbocycles. The van der Waals surface area contributed by atoms with Crippen LogP contribution >= 0.6 is 11.6 Å². The maximum atomic E-state index is 12.6. The molecular weight excluding hydrogens is 316 g/mol. The Hall–Kier alpha value is -1.92. The smallest absolute Gasteiger partial charge is 0.244 e. The summed E-state index contributed by atoms with van der Waals surface area (Å²) in [6.45, 7) is 5.63. The Kier molecular flexibility index (Phi) is 4.63. The average Bonchev–Trinajstić information content (AvgIpc) is 2.54. The number of hydrogen-bond donors (Lipinski definition) is 1. The third kappa shape index (κ3) is 3.54. The van der Waals surface area contributed by atoms with Crippen molar-refractivity contribution in [1.29, 1.82) is 0 Å². The number of benzene rings is 1. The lowest BCUT2D eigenvalue weighted by Gasteiger charge is -2.33. The van der Waals surface area contributed by atoms with Crippen LogP contribution in [-0.4, -0.2) is 52.6 Å². The largest absolute Gasteiger partial charge is 0.375 e. The summed E-state index contributed by atoms with van der Waals surface area (Å²) < 4.78 is 5.48. The van der Waals surface area contributed by atoms with Crippen molar-refractivity contribution in [2.24, 2.45) is 0 Å². The number of nitrogens with zero attached hydrogens (tertiary/aromatic N) is 3. The zero-order chi connectivity index (χ0) is 16.4. The predicted octanol–water partition coefficient (Wildman–Crippen LogP) is 2.33. The van der Waals surface area contributed by atoms with E-state index in [0.29, 0.717) is 30.5 Å². The summed E-state index contributed by atoms with van der Waals surface area (Å²) in [6.07, 6.45) is 1.54. The topological polar surface area (TPSA) is 67.4 Å². The minimum Gasteiger partial charge on any atom is -0.375 e. The van der Waals surface area contributed by atoms with Gasteiger partial charge in [-0.15, -0.1) is 0 Å². The fraction of sp³-hybridized carbons (Fsp3) is 0.438. The van der Waals surface area contributed by atoms with Gasteiger partial charge in [-0.1, -0.05) is 11.6 Å². The summed E-state index contributed by atoms with van der Waals surface area (Å²) in [5, 5.41) is 4.65. The van der Waals surface area contributed by atoms with E-state index in [0.717, 1.165) is 10.9 Å². The van der Waals surface area contributed by atoms with E-state index in [4.69, 9.17) is 16.3 Å². The molecule has 3 rings (SSSR count). The van der Waals surface area contributed by atoms with E-state index >= 15 is 0 Å². The number of carbonyl (C=O) groups is 1. The van der Waals surface area contributed by atoms with Gasteiger partial charge in [-0.25, -0.2) is 9.97 Å². The summed E-state index contributed by atoms with van der Waals surface area (Å²) >= 11 is 5.99. The van der Waals surface area contributed by atoms with E-state index in [2.05, 4.69) is 15.3 Å². The first kappa shape index (κ1) is 16.0. The minimum atomic E-state index is -0.380. The first-order chi connectivity index (χ1) is 11.0. The molecule has 122 valence electrons. The van der Waals surface area contributed by atoms with Gasteiger partial charge in [0.15, 0.2) is 0 Å². The van der Waals surface area contributed by atoms with Crippen LogP contribution in [0.25, 0.3) is 10.9 Å². The van der Waals surface area contributed by atoms with Crippen molar-refractivity contribution in [1.82, 2.24) is 14.9 Å². The minimum absolute atomic E-state index is 0.0425. The Morgan fingerprint density at radius 2 is 2.30 bits per heavy atom. The third-order valence-electron chi connectivity index (χ3n) is 3.87. The molecule has 1 aromatic carbocycles. The van der Waals surface area contributed by atoms with Crippen LogP contribution in [0, 0.1) is 0 Å². The maximum absolute atomic E-state index is 12.6. The van der Waals surface area contributed by atoms with Gasteiger partial charge in [-0.2, -0.15) is 0 Å². The number of aromatic nitrogens is 2. The molecule has 2 aromatic rings. The van der Waals surface area contributed by atoms with Crippen LogP contribution in [0.3, 0.4) is 0 Å². The fourth-order valence-electron chi connectivity index (χ4n) is 2.70. The molecule has 1 amide bonds. The standard InChI is InChI=1S/C16H19ClN4O2/c1-10-8-21(5-6-23-10)16(22)11(2)20-15-13-4-3-12(17)7-14(13)18-9-19-15/h3-4,7,9-11H,5-6,8H2,1-2H3,(H,18,19,20)/t10-,11-/m1/s1. The number of carbonyl (C=O) groups excluding carboxylic acids is 1. The predicted molar refractivity (Wildman–Crippen MR) is 89.6 cm³/mol. The number of ether oxygens (including phenoxy) is 1. The van der Waals surface area contributed by atoms with Crippen LogP contribution in [0.4, 0.5) is 5.82 Å². The number of halogens is 1. The van der Waals surface area contributed by atoms with Crippen molar-refractivity contribution in [3.63, 3.8) is 0 Å². The molecule has 0 spiro atoms. The van der Waals surface area contributed by atoms with Crippen LogP contribution in [0.15, 0.2) is 24.5 Å². The lowest BCUT2D eigenvalue weighted by Crippen LogP contribution is -2.49. The van der Waals surface area contributed by atoms with E-state index in [1.807, 2.05) is 24.8 Å². The van der Waals surface area contributed by atoms with Crippen LogP contribution in [-0.2, 0) is 9.53 Å². The molecule has 6 nitrogen and oxygen atoms in total. The molecule has 1 aliphatic heterocycles.